The molecule has 0 bridgehead atoms. The number of piperidine rings is 1. The summed E-state index contributed by atoms with van der Waals surface area (Å²) >= 11 is 0. The summed E-state index contributed by atoms with van der Waals surface area (Å²) < 4.78 is 0. The molecule has 2 aliphatic rings. The van der Waals surface area contributed by atoms with Gasteiger partial charge in [0.15, 0.2) is 5.96 Å². The summed E-state index contributed by atoms with van der Waals surface area (Å²) in [5, 5.41) is 7.05. The van der Waals surface area contributed by atoms with Crippen molar-refractivity contribution in [2.45, 2.75) is 71.3 Å². The minimum atomic E-state index is -0.131. The second-order valence-electron chi connectivity index (χ2n) is 9.37. The van der Waals surface area contributed by atoms with Crippen LogP contribution in [0.25, 0.3) is 0 Å². The highest BCUT2D eigenvalue weighted by Crippen LogP contribution is 2.18. The number of rotatable bonds is 10. The Morgan fingerprint density at radius 1 is 1.03 bits per heavy atom. The smallest absolute Gasteiger partial charge is 0.220 e. The number of likely N-dealkylation sites (tertiary alicyclic amines) is 2. The molecule has 2 saturated heterocycles. The van der Waals surface area contributed by atoms with Gasteiger partial charge in [-0.2, -0.15) is 0 Å². The highest BCUT2D eigenvalue weighted by atomic mass is 127. The molecule has 2 rings (SSSR count). The molecule has 2 fully saturated rings. The molecule has 0 aliphatic carbocycles. The van der Waals surface area contributed by atoms with Crippen LogP contribution in [0, 0.1) is 11.8 Å². The molecule has 0 radical (unpaired) electrons. The van der Waals surface area contributed by atoms with Gasteiger partial charge in [0.1, 0.15) is 0 Å². The number of aliphatic imine (C=N–C) groups is 1. The Hall–Kier alpha value is -0.610. The van der Waals surface area contributed by atoms with Crippen LogP contribution in [0.2, 0.25) is 0 Å². The van der Waals surface area contributed by atoms with E-state index in [0.29, 0.717) is 12.0 Å². The van der Waals surface area contributed by atoms with Crippen molar-refractivity contribution in [2.24, 2.45) is 22.6 Å². The van der Waals surface area contributed by atoms with Gasteiger partial charge in [-0.1, -0.05) is 26.7 Å². The van der Waals surface area contributed by atoms with Gasteiger partial charge >= 0.3 is 0 Å². The monoisotopic (exact) mass is 550 g/mol. The summed E-state index contributed by atoms with van der Waals surface area (Å²) in [6.07, 6.45) is 9.52. The Morgan fingerprint density at radius 2 is 1.68 bits per heavy atom. The lowest BCUT2D eigenvalue weighted by molar-refractivity contribution is -0.123. The number of hydrogen-bond acceptors (Lipinski definition) is 4. The summed E-state index contributed by atoms with van der Waals surface area (Å²) in [6.45, 7) is 12.1. The van der Waals surface area contributed by atoms with Crippen molar-refractivity contribution < 1.29 is 4.79 Å². The minimum Gasteiger partial charge on any atom is -0.369 e. The van der Waals surface area contributed by atoms with E-state index in [1.165, 1.54) is 38.8 Å². The number of hydrogen-bond donors (Lipinski definition) is 3. The van der Waals surface area contributed by atoms with E-state index in [4.69, 9.17) is 5.73 Å². The molecule has 1 amide bonds. The fourth-order valence-corrected chi connectivity index (χ4v) is 4.74. The van der Waals surface area contributed by atoms with E-state index < -0.39 is 0 Å². The summed E-state index contributed by atoms with van der Waals surface area (Å²) in [5.41, 5.74) is 5.42. The highest BCUT2D eigenvalue weighted by Gasteiger charge is 2.23. The minimum absolute atomic E-state index is 0. The van der Waals surface area contributed by atoms with E-state index in [1.807, 2.05) is 7.05 Å². The van der Waals surface area contributed by atoms with Crippen LogP contribution in [0.3, 0.4) is 0 Å². The summed E-state index contributed by atoms with van der Waals surface area (Å²) in [5.74, 6) is 1.50. The van der Waals surface area contributed by atoms with E-state index in [1.54, 1.807) is 0 Å². The maximum absolute atomic E-state index is 11.3. The van der Waals surface area contributed by atoms with Crippen LogP contribution >= 0.6 is 24.0 Å². The van der Waals surface area contributed by atoms with Gasteiger partial charge in [-0.15, -0.1) is 24.0 Å². The van der Waals surface area contributed by atoms with Crippen molar-refractivity contribution in [3.05, 3.63) is 0 Å². The number of nitrogens with zero attached hydrogens (tertiary/aromatic N) is 3. The molecule has 7 nitrogen and oxygen atoms in total. The van der Waals surface area contributed by atoms with Crippen LogP contribution in [0.1, 0.15) is 65.2 Å². The Morgan fingerprint density at radius 3 is 2.23 bits per heavy atom. The third-order valence-corrected chi connectivity index (χ3v) is 6.76. The quantitative estimate of drug-likeness (QED) is 0.169. The number of unbranched alkanes of at least 4 members (excludes halogenated alkanes) is 1. The van der Waals surface area contributed by atoms with Gasteiger partial charge in [0, 0.05) is 32.1 Å². The molecule has 0 spiro atoms. The van der Waals surface area contributed by atoms with E-state index in [0.717, 1.165) is 64.4 Å². The van der Waals surface area contributed by atoms with Crippen LogP contribution in [0.4, 0.5) is 0 Å². The second kappa shape index (κ2) is 16.1. The van der Waals surface area contributed by atoms with Crippen LogP contribution < -0.4 is 16.4 Å². The third kappa shape index (κ3) is 10.7. The number of carbonyl (C=O) groups is 1. The van der Waals surface area contributed by atoms with Gasteiger partial charge in [-0.25, -0.2) is 0 Å². The second-order valence-corrected chi connectivity index (χ2v) is 9.37. The lowest BCUT2D eigenvalue weighted by atomic mass is 9.96. The fourth-order valence-electron chi connectivity index (χ4n) is 4.74. The van der Waals surface area contributed by atoms with E-state index in [9.17, 15) is 4.79 Å². The normalized spacial score (nSPS) is 20.7. The molecule has 0 aromatic heterocycles. The maximum Gasteiger partial charge on any atom is 0.220 e. The predicted molar refractivity (Wildman–Crippen MR) is 141 cm³/mol. The number of primary amides is 1. The molecular formula is C23H47IN6O. The lowest BCUT2D eigenvalue weighted by Gasteiger charge is -2.34. The predicted octanol–water partition coefficient (Wildman–Crippen LogP) is 2.65. The maximum atomic E-state index is 11.3. The number of halogens is 1. The number of guanidine groups is 1. The van der Waals surface area contributed by atoms with Gasteiger partial charge in [0.05, 0.1) is 0 Å². The van der Waals surface area contributed by atoms with Gasteiger partial charge in [-0.05, 0) is 77.2 Å². The Kier molecular flexibility index (Phi) is 14.7. The van der Waals surface area contributed by atoms with Gasteiger partial charge in [0.2, 0.25) is 5.91 Å². The first kappa shape index (κ1) is 28.4. The van der Waals surface area contributed by atoms with Crippen molar-refractivity contribution in [1.82, 2.24) is 20.4 Å². The van der Waals surface area contributed by atoms with Gasteiger partial charge in [-0.3, -0.25) is 14.7 Å². The standard InChI is InChI=1S/C23H46N6O.HI/c1-19(2)21(29-14-7-4-5-8-15-29)18-27-23(25-3)26-12-6-9-13-28-16-10-20(11-17-28)22(24)30;/h19-21H,4-18H2,1-3H3,(H2,24,30)(H2,25,26,27);1H. The molecule has 0 saturated carbocycles. The van der Waals surface area contributed by atoms with Crippen LogP contribution in [0.5, 0.6) is 0 Å². The largest absolute Gasteiger partial charge is 0.369 e. The zero-order chi connectivity index (χ0) is 21.8. The molecule has 1 atom stereocenters. The summed E-state index contributed by atoms with van der Waals surface area (Å²) in [7, 11) is 1.86. The SMILES string of the molecule is CN=C(NCCCCN1CCC(C(N)=O)CC1)NCC(C(C)C)N1CCCCCC1.I. The van der Waals surface area contributed by atoms with E-state index >= 15 is 0 Å². The zero-order valence-corrected chi connectivity index (χ0v) is 22.4. The topological polar surface area (TPSA) is 86.0 Å². The molecule has 2 heterocycles. The van der Waals surface area contributed by atoms with Crippen LogP contribution in [-0.4, -0.2) is 80.6 Å². The first-order chi connectivity index (χ1) is 14.5. The first-order valence-corrected chi connectivity index (χ1v) is 12.2. The number of nitrogens with one attached hydrogen (secondary N) is 2. The number of nitrogens with two attached hydrogens (primary N) is 1. The molecule has 8 heteroatoms. The average molecular weight is 551 g/mol. The van der Waals surface area contributed by atoms with Gasteiger partial charge in [0.25, 0.3) is 0 Å². The van der Waals surface area contributed by atoms with Crippen molar-refractivity contribution >= 4 is 35.8 Å². The van der Waals surface area contributed by atoms with Crippen molar-refractivity contribution in [3.8, 4) is 0 Å². The van der Waals surface area contributed by atoms with Crippen LogP contribution in [0.15, 0.2) is 4.99 Å². The fraction of sp³-hybridized carbons (Fsp3) is 0.913. The van der Waals surface area contributed by atoms with Crippen molar-refractivity contribution in [2.75, 3.05) is 52.9 Å². The van der Waals surface area contributed by atoms with Gasteiger partial charge < -0.3 is 21.3 Å². The Balaban J connectivity index is 0.00000480. The van der Waals surface area contributed by atoms with E-state index in [-0.39, 0.29) is 35.8 Å². The molecule has 31 heavy (non-hydrogen) atoms. The molecule has 2 aliphatic heterocycles. The molecule has 182 valence electrons. The molecule has 0 aromatic carbocycles. The average Bonchev–Trinajstić information content (AvgIpc) is 3.01. The molecule has 0 aromatic rings. The summed E-state index contributed by atoms with van der Waals surface area (Å²) in [4.78, 5) is 20.8. The molecule has 4 N–H and O–H groups in total. The van der Waals surface area contributed by atoms with Crippen LogP contribution in [-0.2, 0) is 4.79 Å². The molecular weight excluding hydrogens is 503 g/mol. The molecule has 1 unspecified atom stereocenters. The van der Waals surface area contributed by atoms with Crippen molar-refractivity contribution in [1.29, 1.82) is 0 Å². The number of amides is 1. The number of carbonyl (C=O) groups excluding carboxylic acids is 1. The van der Waals surface area contributed by atoms with Crippen molar-refractivity contribution in [3.63, 3.8) is 0 Å². The lowest BCUT2D eigenvalue weighted by Crippen LogP contribution is -2.49. The first-order valence-electron chi connectivity index (χ1n) is 12.2. The van der Waals surface area contributed by atoms with E-state index in [2.05, 4.69) is 39.3 Å². The Labute approximate surface area is 207 Å². The summed E-state index contributed by atoms with van der Waals surface area (Å²) in [6, 6.07) is 0.560. The zero-order valence-electron chi connectivity index (χ0n) is 20.1. The third-order valence-electron chi connectivity index (χ3n) is 6.76. The highest BCUT2D eigenvalue weighted by molar-refractivity contribution is 14.0. The Bertz CT molecular complexity index is 514.